The standard InChI is InChI=1S/C15H13BrClF/c16-14-7-5-11(6-8-14)13(10-17)9-12-3-1-2-4-15(12)18/h1-8,13H,9-10H2. The minimum atomic E-state index is -0.162. The van der Waals surface area contributed by atoms with Crippen LogP contribution in [0.2, 0.25) is 0 Å². The van der Waals surface area contributed by atoms with Crippen LogP contribution in [0.25, 0.3) is 0 Å². The van der Waals surface area contributed by atoms with Gasteiger partial charge in [0, 0.05) is 16.3 Å². The lowest BCUT2D eigenvalue weighted by Gasteiger charge is -2.15. The van der Waals surface area contributed by atoms with Crippen LogP contribution in [0.4, 0.5) is 4.39 Å². The fraction of sp³-hybridized carbons (Fsp3) is 0.200. The van der Waals surface area contributed by atoms with Crippen LogP contribution in [0.3, 0.4) is 0 Å². The minimum Gasteiger partial charge on any atom is -0.207 e. The third kappa shape index (κ3) is 3.33. The third-order valence-corrected chi connectivity index (χ3v) is 3.85. The van der Waals surface area contributed by atoms with Crippen LogP contribution in [0.15, 0.2) is 53.0 Å². The van der Waals surface area contributed by atoms with Crippen molar-refractivity contribution in [2.24, 2.45) is 0 Å². The van der Waals surface area contributed by atoms with E-state index in [2.05, 4.69) is 15.9 Å². The second kappa shape index (κ2) is 6.35. The van der Waals surface area contributed by atoms with Crippen LogP contribution in [-0.2, 0) is 6.42 Å². The van der Waals surface area contributed by atoms with Crippen molar-refractivity contribution in [3.05, 3.63) is 69.9 Å². The lowest BCUT2D eigenvalue weighted by Crippen LogP contribution is -2.06. The van der Waals surface area contributed by atoms with Gasteiger partial charge >= 0.3 is 0 Å². The highest BCUT2D eigenvalue weighted by atomic mass is 79.9. The van der Waals surface area contributed by atoms with Gasteiger partial charge in [0.2, 0.25) is 0 Å². The quantitative estimate of drug-likeness (QED) is 0.681. The van der Waals surface area contributed by atoms with Gasteiger partial charge < -0.3 is 0 Å². The SMILES string of the molecule is Fc1ccccc1CC(CCl)c1ccc(Br)cc1. The Bertz CT molecular complexity index is 510. The summed E-state index contributed by atoms with van der Waals surface area (Å²) in [7, 11) is 0. The molecule has 0 amide bonds. The van der Waals surface area contributed by atoms with E-state index in [1.165, 1.54) is 6.07 Å². The Labute approximate surface area is 120 Å². The molecule has 1 unspecified atom stereocenters. The molecule has 0 aliphatic heterocycles. The first kappa shape index (κ1) is 13.6. The second-order valence-electron chi connectivity index (χ2n) is 4.20. The maximum Gasteiger partial charge on any atom is 0.126 e. The minimum absolute atomic E-state index is 0.136. The molecule has 0 heterocycles. The Balaban J connectivity index is 2.20. The van der Waals surface area contributed by atoms with E-state index in [-0.39, 0.29) is 11.7 Å². The molecule has 0 saturated carbocycles. The molecule has 2 aromatic carbocycles. The van der Waals surface area contributed by atoms with Crippen molar-refractivity contribution < 1.29 is 4.39 Å². The summed E-state index contributed by atoms with van der Waals surface area (Å²) in [6, 6.07) is 14.9. The molecular weight excluding hydrogens is 315 g/mol. The molecule has 0 bridgehead atoms. The molecule has 0 spiro atoms. The third-order valence-electron chi connectivity index (χ3n) is 2.95. The van der Waals surface area contributed by atoms with Crippen LogP contribution in [0.1, 0.15) is 17.0 Å². The number of alkyl halides is 1. The fourth-order valence-corrected chi connectivity index (χ4v) is 2.48. The van der Waals surface area contributed by atoms with Crippen molar-refractivity contribution in [3.8, 4) is 0 Å². The molecule has 0 aliphatic rings. The summed E-state index contributed by atoms with van der Waals surface area (Å²) in [4.78, 5) is 0. The van der Waals surface area contributed by atoms with Crippen molar-refractivity contribution in [1.82, 2.24) is 0 Å². The number of hydrogen-bond acceptors (Lipinski definition) is 0. The number of hydrogen-bond donors (Lipinski definition) is 0. The van der Waals surface area contributed by atoms with Crippen molar-refractivity contribution in [2.75, 3.05) is 5.88 Å². The predicted molar refractivity (Wildman–Crippen MR) is 77.7 cm³/mol. The van der Waals surface area contributed by atoms with Crippen LogP contribution in [0.5, 0.6) is 0 Å². The first-order chi connectivity index (χ1) is 8.70. The summed E-state index contributed by atoms with van der Waals surface area (Å²) >= 11 is 9.41. The van der Waals surface area contributed by atoms with Crippen molar-refractivity contribution in [2.45, 2.75) is 12.3 Å². The topological polar surface area (TPSA) is 0 Å². The van der Waals surface area contributed by atoms with Crippen LogP contribution in [-0.4, -0.2) is 5.88 Å². The lowest BCUT2D eigenvalue weighted by atomic mass is 9.93. The normalized spacial score (nSPS) is 12.4. The second-order valence-corrected chi connectivity index (χ2v) is 5.42. The van der Waals surface area contributed by atoms with Crippen LogP contribution >= 0.6 is 27.5 Å². The molecule has 18 heavy (non-hydrogen) atoms. The summed E-state index contributed by atoms with van der Waals surface area (Å²) in [5.41, 5.74) is 1.85. The summed E-state index contributed by atoms with van der Waals surface area (Å²) in [5, 5.41) is 0. The Hall–Kier alpha value is -0.860. The van der Waals surface area contributed by atoms with Gasteiger partial charge in [-0.1, -0.05) is 46.3 Å². The Morgan fingerprint density at radius 2 is 1.72 bits per heavy atom. The van der Waals surface area contributed by atoms with Gasteiger partial charge in [-0.2, -0.15) is 0 Å². The van der Waals surface area contributed by atoms with Crippen LogP contribution in [0, 0.1) is 5.82 Å². The lowest BCUT2D eigenvalue weighted by molar-refractivity contribution is 0.598. The van der Waals surface area contributed by atoms with E-state index in [0.717, 1.165) is 10.0 Å². The zero-order valence-electron chi connectivity index (χ0n) is 9.74. The maximum atomic E-state index is 13.6. The van der Waals surface area contributed by atoms with E-state index in [1.807, 2.05) is 36.4 Å². The fourth-order valence-electron chi connectivity index (χ4n) is 1.93. The first-order valence-electron chi connectivity index (χ1n) is 5.75. The molecule has 94 valence electrons. The van der Waals surface area contributed by atoms with Gasteiger partial charge in [-0.05, 0) is 35.7 Å². The molecule has 0 fully saturated rings. The maximum absolute atomic E-state index is 13.6. The van der Waals surface area contributed by atoms with E-state index in [0.29, 0.717) is 17.9 Å². The largest absolute Gasteiger partial charge is 0.207 e. The average molecular weight is 328 g/mol. The monoisotopic (exact) mass is 326 g/mol. The van der Waals surface area contributed by atoms with Gasteiger partial charge in [0.1, 0.15) is 5.82 Å². The van der Waals surface area contributed by atoms with Crippen LogP contribution < -0.4 is 0 Å². The molecule has 2 aromatic rings. The Morgan fingerprint density at radius 1 is 1.06 bits per heavy atom. The number of halogens is 3. The average Bonchev–Trinajstić information content (AvgIpc) is 2.39. The number of rotatable bonds is 4. The van der Waals surface area contributed by atoms with Crippen molar-refractivity contribution in [3.63, 3.8) is 0 Å². The smallest absolute Gasteiger partial charge is 0.126 e. The summed E-state index contributed by atoms with van der Waals surface area (Å²) in [6.07, 6.45) is 0.623. The molecule has 2 rings (SSSR count). The highest BCUT2D eigenvalue weighted by molar-refractivity contribution is 9.10. The molecule has 0 radical (unpaired) electrons. The Morgan fingerprint density at radius 3 is 2.33 bits per heavy atom. The molecule has 0 nitrogen and oxygen atoms in total. The van der Waals surface area contributed by atoms with E-state index in [9.17, 15) is 4.39 Å². The zero-order chi connectivity index (χ0) is 13.0. The highest BCUT2D eigenvalue weighted by Gasteiger charge is 2.13. The molecule has 0 saturated heterocycles. The molecule has 1 atom stereocenters. The van der Waals surface area contributed by atoms with Gasteiger partial charge in [-0.15, -0.1) is 11.6 Å². The van der Waals surface area contributed by atoms with E-state index >= 15 is 0 Å². The van der Waals surface area contributed by atoms with E-state index < -0.39 is 0 Å². The van der Waals surface area contributed by atoms with Gasteiger partial charge in [0.15, 0.2) is 0 Å². The van der Waals surface area contributed by atoms with Gasteiger partial charge in [-0.25, -0.2) is 4.39 Å². The van der Waals surface area contributed by atoms with E-state index in [4.69, 9.17) is 11.6 Å². The highest BCUT2D eigenvalue weighted by Crippen LogP contribution is 2.25. The van der Waals surface area contributed by atoms with Gasteiger partial charge in [0.05, 0.1) is 0 Å². The molecule has 0 N–H and O–H groups in total. The first-order valence-corrected chi connectivity index (χ1v) is 7.08. The molecule has 0 aromatic heterocycles. The molecule has 3 heteroatoms. The van der Waals surface area contributed by atoms with Gasteiger partial charge in [0.25, 0.3) is 0 Å². The molecular formula is C15H13BrClF. The predicted octanol–water partition coefficient (Wildman–Crippen LogP) is 5.15. The summed E-state index contributed by atoms with van der Waals surface area (Å²) in [6.45, 7) is 0. The van der Waals surface area contributed by atoms with Crippen molar-refractivity contribution in [1.29, 1.82) is 0 Å². The summed E-state index contributed by atoms with van der Waals surface area (Å²) in [5.74, 6) is 0.456. The zero-order valence-corrected chi connectivity index (χ0v) is 12.1. The van der Waals surface area contributed by atoms with E-state index in [1.54, 1.807) is 6.07 Å². The summed E-state index contributed by atoms with van der Waals surface area (Å²) < 4.78 is 14.6. The molecule has 0 aliphatic carbocycles. The van der Waals surface area contributed by atoms with Gasteiger partial charge in [-0.3, -0.25) is 0 Å². The Kier molecular flexibility index (Phi) is 4.79. The van der Waals surface area contributed by atoms with Crippen molar-refractivity contribution >= 4 is 27.5 Å². The number of benzene rings is 2.